The van der Waals surface area contributed by atoms with Crippen molar-refractivity contribution in [3.8, 4) is 0 Å². The van der Waals surface area contributed by atoms with Crippen molar-refractivity contribution in [2.45, 2.75) is 284 Å². The van der Waals surface area contributed by atoms with E-state index in [0.29, 0.717) is 19.3 Å². The second-order valence-corrected chi connectivity index (χ2v) is 18.8. The van der Waals surface area contributed by atoms with Crippen molar-refractivity contribution >= 4 is 17.9 Å². The molecule has 0 spiro atoms. The molecular weight excluding hydrogens is 829 g/mol. The minimum atomic E-state index is -0.776. The molecule has 1 unspecified atom stereocenters. The predicted molar refractivity (Wildman–Crippen MR) is 288 cm³/mol. The quantitative estimate of drug-likeness (QED) is 0.0262. The van der Waals surface area contributed by atoms with Crippen molar-refractivity contribution in [3.05, 3.63) is 72.9 Å². The second-order valence-electron chi connectivity index (χ2n) is 18.8. The number of esters is 3. The lowest BCUT2D eigenvalue weighted by Gasteiger charge is -2.18. The van der Waals surface area contributed by atoms with E-state index >= 15 is 0 Å². The zero-order valence-electron chi connectivity index (χ0n) is 44.2. The van der Waals surface area contributed by atoms with E-state index in [0.717, 1.165) is 103 Å². The van der Waals surface area contributed by atoms with E-state index in [1.807, 2.05) is 0 Å². The van der Waals surface area contributed by atoms with Gasteiger partial charge in [-0.05, 0) is 83.5 Å². The van der Waals surface area contributed by atoms with Crippen LogP contribution in [-0.4, -0.2) is 37.2 Å². The summed E-state index contributed by atoms with van der Waals surface area (Å²) in [5.74, 6) is -0.884. The van der Waals surface area contributed by atoms with Gasteiger partial charge in [-0.2, -0.15) is 0 Å². The third-order valence-electron chi connectivity index (χ3n) is 12.2. The highest BCUT2D eigenvalue weighted by Crippen LogP contribution is 2.16. The minimum absolute atomic E-state index is 0.0770. The molecule has 0 fully saturated rings. The summed E-state index contributed by atoms with van der Waals surface area (Å²) in [5, 5.41) is 0. The molecule has 0 rings (SSSR count). The van der Waals surface area contributed by atoms with Crippen LogP contribution in [0.2, 0.25) is 0 Å². The third-order valence-corrected chi connectivity index (χ3v) is 12.2. The lowest BCUT2D eigenvalue weighted by atomic mass is 10.0. The molecule has 0 N–H and O–H groups in total. The first-order chi connectivity index (χ1) is 33.0. The molecule has 386 valence electrons. The monoisotopic (exact) mass is 935 g/mol. The minimum Gasteiger partial charge on any atom is -0.462 e. The first-order valence-electron chi connectivity index (χ1n) is 28.4. The van der Waals surface area contributed by atoms with Crippen LogP contribution in [0.5, 0.6) is 0 Å². The van der Waals surface area contributed by atoms with Crippen LogP contribution < -0.4 is 0 Å². The van der Waals surface area contributed by atoms with Crippen molar-refractivity contribution in [2.75, 3.05) is 13.2 Å². The summed E-state index contributed by atoms with van der Waals surface area (Å²) < 4.78 is 16.8. The summed E-state index contributed by atoms with van der Waals surface area (Å²) >= 11 is 0. The highest BCUT2D eigenvalue weighted by Gasteiger charge is 2.19. The Bertz CT molecular complexity index is 1260. The Labute approximate surface area is 414 Å². The number of hydrogen-bond donors (Lipinski definition) is 0. The number of rotatable bonds is 51. The molecule has 0 saturated heterocycles. The van der Waals surface area contributed by atoms with Gasteiger partial charge >= 0.3 is 17.9 Å². The summed E-state index contributed by atoms with van der Waals surface area (Å²) in [6.07, 6.45) is 70.5. The van der Waals surface area contributed by atoms with Crippen LogP contribution in [0.15, 0.2) is 72.9 Å². The molecule has 0 heterocycles. The Balaban J connectivity index is 4.18. The first-order valence-corrected chi connectivity index (χ1v) is 28.4. The van der Waals surface area contributed by atoms with Gasteiger partial charge in [0.15, 0.2) is 6.10 Å². The lowest BCUT2D eigenvalue weighted by molar-refractivity contribution is -0.167. The van der Waals surface area contributed by atoms with E-state index in [-0.39, 0.29) is 31.1 Å². The Morgan fingerprint density at radius 1 is 0.313 bits per heavy atom. The number of unbranched alkanes of at least 4 members (excludes halogenated alkanes) is 28. The number of allylic oxidation sites excluding steroid dienone is 12. The molecule has 0 amide bonds. The van der Waals surface area contributed by atoms with Gasteiger partial charge in [0.05, 0.1) is 0 Å². The van der Waals surface area contributed by atoms with Crippen LogP contribution in [0.3, 0.4) is 0 Å². The molecule has 0 aromatic heterocycles. The number of ether oxygens (including phenoxy) is 3. The van der Waals surface area contributed by atoms with Crippen molar-refractivity contribution in [2.24, 2.45) is 0 Å². The molecule has 6 heteroatoms. The van der Waals surface area contributed by atoms with Crippen LogP contribution in [0.25, 0.3) is 0 Å². The van der Waals surface area contributed by atoms with Crippen molar-refractivity contribution < 1.29 is 28.6 Å². The van der Waals surface area contributed by atoms with Crippen LogP contribution in [0.1, 0.15) is 278 Å². The van der Waals surface area contributed by atoms with Crippen LogP contribution in [-0.2, 0) is 28.6 Å². The summed E-state index contributed by atoms with van der Waals surface area (Å²) in [5.41, 5.74) is 0. The zero-order chi connectivity index (χ0) is 48.6. The third kappa shape index (κ3) is 53.7. The molecule has 0 radical (unpaired) electrons. The van der Waals surface area contributed by atoms with Gasteiger partial charge in [-0.15, -0.1) is 0 Å². The van der Waals surface area contributed by atoms with Crippen LogP contribution in [0, 0.1) is 0 Å². The van der Waals surface area contributed by atoms with Gasteiger partial charge in [0.1, 0.15) is 13.2 Å². The van der Waals surface area contributed by atoms with Gasteiger partial charge in [0, 0.05) is 19.3 Å². The summed E-state index contributed by atoms with van der Waals surface area (Å²) in [6.45, 7) is 6.46. The molecule has 1 atom stereocenters. The number of carbonyl (C=O) groups is 3. The van der Waals surface area contributed by atoms with Gasteiger partial charge in [-0.25, -0.2) is 0 Å². The van der Waals surface area contributed by atoms with E-state index in [1.54, 1.807) is 0 Å². The molecule has 67 heavy (non-hydrogen) atoms. The maximum absolute atomic E-state index is 12.8. The van der Waals surface area contributed by atoms with Crippen molar-refractivity contribution in [1.82, 2.24) is 0 Å². The van der Waals surface area contributed by atoms with E-state index in [4.69, 9.17) is 14.2 Å². The maximum atomic E-state index is 12.8. The first kappa shape index (κ1) is 63.8. The molecule has 0 bridgehead atoms. The highest BCUT2D eigenvalue weighted by molar-refractivity contribution is 5.71. The molecule has 0 aromatic carbocycles. The van der Waals surface area contributed by atoms with Crippen LogP contribution >= 0.6 is 0 Å². The fourth-order valence-corrected chi connectivity index (χ4v) is 7.94. The number of hydrogen-bond acceptors (Lipinski definition) is 6. The van der Waals surface area contributed by atoms with Crippen LogP contribution in [0.4, 0.5) is 0 Å². The topological polar surface area (TPSA) is 78.9 Å². The molecule has 6 nitrogen and oxygen atoms in total. The lowest BCUT2D eigenvalue weighted by Crippen LogP contribution is -2.30. The van der Waals surface area contributed by atoms with Gasteiger partial charge in [-0.1, -0.05) is 248 Å². The van der Waals surface area contributed by atoms with E-state index < -0.39 is 6.10 Å². The Hall–Kier alpha value is -3.15. The molecule has 0 aliphatic heterocycles. The van der Waals surface area contributed by atoms with E-state index in [1.165, 1.54) is 135 Å². The zero-order valence-corrected chi connectivity index (χ0v) is 44.2. The largest absolute Gasteiger partial charge is 0.462 e. The number of carbonyl (C=O) groups excluding carboxylic acids is 3. The van der Waals surface area contributed by atoms with Crippen molar-refractivity contribution in [1.29, 1.82) is 0 Å². The van der Waals surface area contributed by atoms with Gasteiger partial charge in [0.2, 0.25) is 0 Å². The molecule has 0 aromatic rings. The van der Waals surface area contributed by atoms with E-state index in [9.17, 15) is 14.4 Å². The summed E-state index contributed by atoms with van der Waals surface area (Å²) in [7, 11) is 0. The summed E-state index contributed by atoms with van der Waals surface area (Å²) in [6, 6.07) is 0. The highest BCUT2D eigenvalue weighted by atomic mass is 16.6. The van der Waals surface area contributed by atoms with Crippen molar-refractivity contribution in [3.63, 3.8) is 0 Å². The fourth-order valence-electron chi connectivity index (χ4n) is 7.94. The Kier molecular flexibility index (Phi) is 52.8. The Morgan fingerprint density at radius 2 is 0.612 bits per heavy atom. The standard InChI is InChI=1S/C61H106O6/c1-4-7-10-13-16-19-22-24-25-26-27-28-29-30-31-32-33-34-35-36-37-38-40-42-45-48-51-54-60(63)66-57-58(56-65-59(62)53-50-47-44-41-21-18-15-12-9-6-3)67-61(64)55-52-49-46-43-39-23-20-17-14-11-8-5-2/h7,10,12,15-16,19,24-25,27-28,30-31,58H,4-6,8-9,11,13-14,17-18,20-23,26,29,32-57H2,1-3H3/b10-7-,15-12-,19-16-,25-24-,28-27-,31-30-. The average molecular weight is 936 g/mol. The molecule has 0 aliphatic carbocycles. The normalized spacial score (nSPS) is 12.6. The Morgan fingerprint density at radius 3 is 0.985 bits per heavy atom. The van der Waals surface area contributed by atoms with Gasteiger partial charge < -0.3 is 14.2 Å². The average Bonchev–Trinajstić information content (AvgIpc) is 3.33. The summed E-state index contributed by atoms with van der Waals surface area (Å²) in [4.78, 5) is 38.0. The van der Waals surface area contributed by atoms with Gasteiger partial charge in [-0.3, -0.25) is 14.4 Å². The second kappa shape index (κ2) is 55.4. The van der Waals surface area contributed by atoms with E-state index in [2.05, 4.69) is 93.7 Å². The SMILES string of the molecule is CC/C=C\C/C=C\C/C=C\C/C=C\C/C=C\CCCCCCCCCCCCCC(=O)OCC(COC(=O)CCCCCCC/C=C\CCC)OC(=O)CCCCCCCCCCCCCC. The molecule has 0 aliphatic rings. The maximum Gasteiger partial charge on any atom is 0.306 e. The fraction of sp³-hybridized carbons (Fsp3) is 0.754. The van der Waals surface area contributed by atoms with Gasteiger partial charge in [0.25, 0.3) is 0 Å². The predicted octanol–water partition coefficient (Wildman–Crippen LogP) is 19.0. The molecular formula is C61H106O6. The smallest absolute Gasteiger partial charge is 0.306 e. The molecule has 0 saturated carbocycles.